The molecule has 1 aliphatic rings. The molecule has 0 saturated carbocycles. The maximum Gasteiger partial charge on any atom is 0.191 e. The maximum absolute atomic E-state index is 5.45. The van der Waals surface area contributed by atoms with E-state index in [0.717, 1.165) is 31.4 Å². The van der Waals surface area contributed by atoms with Gasteiger partial charge in [-0.2, -0.15) is 0 Å². The molecule has 1 aromatic heterocycles. The number of guanidine groups is 1. The number of ether oxygens (including phenoxy) is 1. The molecule has 7 heteroatoms. The molecule has 0 aliphatic carbocycles. The summed E-state index contributed by atoms with van der Waals surface area (Å²) >= 11 is 0. The lowest BCUT2D eigenvalue weighted by Crippen LogP contribution is -2.45. The Morgan fingerprint density at radius 1 is 1.27 bits per heavy atom. The molecule has 0 bridgehead atoms. The van der Waals surface area contributed by atoms with Gasteiger partial charge in [0.25, 0.3) is 0 Å². The number of pyridine rings is 1. The number of nitrogens with one attached hydrogen (secondary N) is 2. The monoisotopic (exact) mass is 475 g/mol. The van der Waals surface area contributed by atoms with Crippen molar-refractivity contribution in [2.45, 2.75) is 52.2 Å². The standard InChI is InChI=1S/C19H33N5O.HI/c1-5-20-18(23-15-19(2,3)25-4)22-14-16-9-10-21-17(13-16)24-11-7-6-8-12-24;/h9-10,13H,5-8,11-12,14-15H2,1-4H3,(H2,20,22,23);1H. The van der Waals surface area contributed by atoms with Crippen molar-refractivity contribution in [1.29, 1.82) is 0 Å². The normalized spacial score (nSPS) is 15.4. The minimum atomic E-state index is -0.228. The first-order valence-corrected chi connectivity index (χ1v) is 9.31. The Morgan fingerprint density at radius 3 is 2.65 bits per heavy atom. The van der Waals surface area contributed by atoms with Crippen LogP contribution >= 0.6 is 24.0 Å². The second kappa shape index (κ2) is 11.6. The molecule has 0 radical (unpaired) electrons. The van der Waals surface area contributed by atoms with Crippen LogP contribution in [-0.2, 0) is 11.3 Å². The third kappa shape index (κ3) is 7.65. The summed E-state index contributed by atoms with van der Waals surface area (Å²) in [5.74, 6) is 1.88. The average molecular weight is 475 g/mol. The molecule has 1 aromatic rings. The summed E-state index contributed by atoms with van der Waals surface area (Å²) in [6, 6.07) is 4.21. The Balaban J connectivity index is 0.00000338. The minimum Gasteiger partial charge on any atom is -0.377 e. The van der Waals surface area contributed by atoms with E-state index < -0.39 is 0 Å². The number of methoxy groups -OCH3 is 1. The van der Waals surface area contributed by atoms with Crippen molar-refractivity contribution < 1.29 is 4.74 Å². The van der Waals surface area contributed by atoms with Crippen LogP contribution in [0.4, 0.5) is 5.82 Å². The number of anilines is 1. The molecule has 1 saturated heterocycles. The number of aliphatic imine (C=N–C) groups is 1. The predicted molar refractivity (Wildman–Crippen MR) is 120 cm³/mol. The summed E-state index contributed by atoms with van der Waals surface area (Å²) in [4.78, 5) is 11.6. The zero-order valence-corrected chi connectivity index (χ0v) is 18.9. The number of aromatic nitrogens is 1. The fourth-order valence-corrected chi connectivity index (χ4v) is 2.74. The van der Waals surface area contributed by atoms with Gasteiger partial charge in [0.05, 0.1) is 12.1 Å². The highest BCUT2D eigenvalue weighted by Gasteiger charge is 2.16. The SMILES string of the molecule is CCNC(=NCc1ccnc(N2CCCCC2)c1)NCC(C)(C)OC.I. The van der Waals surface area contributed by atoms with Gasteiger partial charge in [-0.3, -0.25) is 0 Å². The molecule has 0 unspecified atom stereocenters. The summed E-state index contributed by atoms with van der Waals surface area (Å²) in [6.07, 6.45) is 5.74. The Hall–Kier alpha value is -1.09. The molecule has 1 fully saturated rings. The van der Waals surface area contributed by atoms with E-state index >= 15 is 0 Å². The minimum absolute atomic E-state index is 0. The third-order valence-electron chi connectivity index (χ3n) is 4.49. The molecule has 148 valence electrons. The predicted octanol–water partition coefficient (Wildman–Crippen LogP) is 3.17. The number of hydrogen-bond acceptors (Lipinski definition) is 4. The van der Waals surface area contributed by atoms with E-state index in [2.05, 4.69) is 47.4 Å². The average Bonchev–Trinajstić information content (AvgIpc) is 2.65. The van der Waals surface area contributed by atoms with E-state index in [-0.39, 0.29) is 29.6 Å². The van der Waals surface area contributed by atoms with Gasteiger partial charge >= 0.3 is 0 Å². The molecule has 2 N–H and O–H groups in total. The van der Waals surface area contributed by atoms with Gasteiger partial charge in [0.15, 0.2) is 5.96 Å². The van der Waals surface area contributed by atoms with Crippen LogP contribution in [0.2, 0.25) is 0 Å². The zero-order valence-electron chi connectivity index (χ0n) is 16.5. The Morgan fingerprint density at radius 2 is 2.00 bits per heavy atom. The summed E-state index contributed by atoms with van der Waals surface area (Å²) in [7, 11) is 1.73. The third-order valence-corrected chi connectivity index (χ3v) is 4.49. The van der Waals surface area contributed by atoms with Crippen LogP contribution in [0.5, 0.6) is 0 Å². The number of piperidine rings is 1. The highest BCUT2D eigenvalue weighted by atomic mass is 127. The number of nitrogens with zero attached hydrogens (tertiary/aromatic N) is 3. The van der Waals surface area contributed by atoms with Gasteiger partial charge in [-0.05, 0) is 57.7 Å². The van der Waals surface area contributed by atoms with Crippen LogP contribution in [0.3, 0.4) is 0 Å². The molecular weight excluding hydrogens is 441 g/mol. The van der Waals surface area contributed by atoms with E-state index in [1.807, 2.05) is 12.3 Å². The first-order chi connectivity index (χ1) is 12.0. The van der Waals surface area contributed by atoms with Crippen LogP contribution in [0.25, 0.3) is 0 Å². The first kappa shape index (κ1) is 23.0. The smallest absolute Gasteiger partial charge is 0.191 e. The summed E-state index contributed by atoms with van der Waals surface area (Å²) in [5.41, 5.74) is 0.952. The molecule has 26 heavy (non-hydrogen) atoms. The van der Waals surface area contributed by atoms with Crippen molar-refractivity contribution >= 4 is 35.8 Å². The molecule has 2 rings (SSSR count). The van der Waals surface area contributed by atoms with Gasteiger partial charge in [0, 0.05) is 39.5 Å². The van der Waals surface area contributed by atoms with Crippen LogP contribution in [0.1, 0.15) is 45.6 Å². The Bertz CT molecular complexity index is 559. The molecule has 1 aliphatic heterocycles. The first-order valence-electron chi connectivity index (χ1n) is 9.31. The van der Waals surface area contributed by atoms with Gasteiger partial charge in [-0.15, -0.1) is 24.0 Å². The Kier molecular flexibility index (Phi) is 10.2. The van der Waals surface area contributed by atoms with Crippen LogP contribution < -0.4 is 15.5 Å². The van der Waals surface area contributed by atoms with Crippen molar-refractivity contribution in [2.24, 2.45) is 4.99 Å². The number of rotatable bonds is 7. The van der Waals surface area contributed by atoms with Crippen molar-refractivity contribution in [3.05, 3.63) is 23.9 Å². The van der Waals surface area contributed by atoms with Gasteiger partial charge in [-0.1, -0.05) is 0 Å². The molecule has 2 heterocycles. The lowest BCUT2D eigenvalue weighted by atomic mass is 10.1. The molecule has 0 atom stereocenters. The van der Waals surface area contributed by atoms with Crippen molar-refractivity contribution in [3.63, 3.8) is 0 Å². The summed E-state index contributed by atoms with van der Waals surface area (Å²) in [6.45, 7) is 10.5. The van der Waals surface area contributed by atoms with Crippen LogP contribution in [0.15, 0.2) is 23.3 Å². The second-order valence-electron chi connectivity index (χ2n) is 7.08. The number of hydrogen-bond donors (Lipinski definition) is 2. The summed E-state index contributed by atoms with van der Waals surface area (Å²) < 4.78 is 5.45. The number of halogens is 1. The van der Waals surface area contributed by atoms with Gasteiger partial charge in [-0.25, -0.2) is 9.98 Å². The molecular formula is C19H34IN5O. The fraction of sp³-hybridized carbons (Fsp3) is 0.684. The molecule has 0 spiro atoms. The molecule has 6 nitrogen and oxygen atoms in total. The van der Waals surface area contributed by atoms with E-state index in [0.29, 0.717) is 13.1 Å². The highest BCUT2D eigenvalue weighted by molar-refractivity contribution is 14.0. The lowest BCUT2D eigenvalue weighted by molar-refractivity contribution is 0.0268. The van der Waals surface area contributed by atoms with E-state index in [1.165, 1.54) is 24.8 Å². The van der Waals surface area contributed by atoms with Crippen molar-refractivity contribution in [2.75, 3.05) is 38.2 Å². The fourth-order valence-electron chi connectivity index (χ4n) is 2.74. The zero-order chi connectivity index (χ0) is 18.1. The summed E-state index contributed by atoms with van der Waals surface area (Å²) in [5, 5.41) is 6.63. The van der Waals surface area contributed by atoms with Gasteiger partial charge in [0.1, 0.15) is 5.82 Å². The van der Waals surface area contributed by atoms with E-state index in [1.54, 1.807) is 7.11 Å². The lowest BCUT2D eigenvalue weighted by Gasteiger charge is -2.27. The highest BCUT2D eigenvalue weighted by Crippen LogP contribution is 2.18. The van der Waals surface area contributed by atoms with Gasteiger partial charge in [0.2, 0.25) is 0 Å². The second-order valence-corrected chi connectivity index (χ2v) is 7.08. The Labute approximate surface area is 175 Å². The largest absolute Gasteiger partial charge is 0.377 e. The van der Waals surface area contributed by atoms with Crippen molar-refractivity contribution in [1.82, 2.24) is 15.6 Å². The van der Waals surface area contributed by atoms with E-state index in [4.69, 9.17) is 9.73 Å². The van der Waals surface area contributed by atoms with Crippen LogP contribution in [0, 0.1) is 0 Å². The van der Waals surface area contributed by atoms with Gasteiger partial charge < -0.3 is 20.3 Å². The van der Waals surface area contributed by atoms with Crippen LogP contribution in [-0.4, -0.2) is 49.8 Å². The quantitative estimate of drug-likeness (QED) is 0.361. The van der Waals surface area contributed by atoms with Crippen molar-refractivity contribution in [3.8, 4) is 0 Å². The topological polar surface area (TPSA) is 61.8 Å². The van der Waals surface area contributed by atoms with E-state index in [9.17, 15) is 0 Å². The maximum atomic E-state index is 5.45. The molecule has 0 amide bonds. The molecule has 0 aromatic carbocycles.